The molecule has 2 aromatic rings. The largest absolute Gasteiger partial charge is 0.497 e. The van der Waals surface area contributed by atoms with E-state index >= 15 is 0 Å². The number of benzene rings is 2. The lowest BCUT2D eigenvalue weighted by Crippen LogP contribution is -2.13. The van der Waals surface area contributed by atoms with Crippen LogP contribution in [0.5, 0.6) is 11.5 Å². The highest BCUT2D eigenvalue weighted by molar-refractivity contribution is 5.90. The molecule has 25 heavy (non-hydrogen) atoms. The quantitative estimate of drug-likeness (QED) is 0.843. The maximum absolute atomic E-state index is 12.5. The van der Waals surface area contributed by atoms with Crippen molar-refractivity contribution in [1.82, 2.24) is 0 Å². The number of rotatable bonds is 6. The number of aryl methyl sites for hydroxylation is 1. The molecule has 0 fully saturated rings. The van der Waals surface area contributed by atoms with Gasteiger partial charge in [0, 0.05) is 12.1 Å². The lowest BCUT2D eigenvalue weighted by Gasteiger charge is -2.11. The summed E-state index contributed by atoms with van der Waals surface area (Å²) in [6, 6.07) is 9.61. The third kappa shape index (κ3) is 5.14. The molecular weight excluding hydrogens is 335 g/mol. The van der Waals surface area contributed by atoms with Gasteiger partial charge in [0.25, 0.3) is 0 Å². The van der Waals surface area contributed by atoms with Crippen molar-refractivity contribution in [2.75, 3.05) is 19.5 Å². The molecule has 2 aromatic carbocycles. The summed E-state index contributed by atoms with van der Waals surface area (Å²) in [6.07, 6.45) is -3.83. The van der Waals surface area contributed by atoms with E-state index in [-0.39, 0.29) is 12.3 Å². The van der Waals surface area contributed by atoms with Crippen LogP contribution in [0.25, 0.3) is 0 Å². The van der Waals surface area contributed by atoms with Crippen LogP contribution in [-0.4, -0.2) is 20.1 Å². The van der Waals surface area contributed by atoms with E-state index in [4.69, 9.17) is 9.47 Å². The lowest BCUT2D eigenvalue weighted by molar-refractivity contribution is -0.137. The minimum absolute atomic E-state index is 0.157. The van der Waals surface area contributed by atoms with Gasteiger partial charge >= 0.3 is 6.18 Å². The van der Waals surface area contributed by atoms with Crippen molar-refractivity contribution in [3.8, 4) is 11.5 Å². The maximum atomic E-state index is 12.5. The molecule has 2 rings (SSSR count). The molecule has 1 N–H and O–H groups in total. The van der Waals surface area contributed by atoms with Crippen LogP contribution in [0, 0.1) is 0 Å². The molecule has 0 aliphatic rings. The van der Waals surface area contributed by atoms with Crippen LogP contribution in [-0.2, 0) is 17.4 Å². The molecule has 0 spiro atoms. The van der Waals surface area contributed by atoms with Crippen molar-refractivity contribution in [1.29, 1.82) is 0 Å². The number of carbonyl (C=O) groups excluding carboxylic acids is 1. The van der Waals surface area contributed by atoms with Crippen LogP contribution in [0.1, 0.15) is 17.5 Å². The topological polar surface area (TPSA) is 47.6 Å². The molecule has 134 valence electrons. The van der Waals surface area contributed by atoms with E-state index in [1.165, 1.54) is 19.2 Å². The molecule has 0 aliphatic heterocycles. The Balaban J connectivity index is 1.97. The summed E-state index contributed by atoms with van der Waals surface area (Å²) in [5.41, 5.74) is 0.367. The smallest absolute Gasteiger partial charge is 0.416 e. The zero-order chi connectivity index (χ0) is 18.4. The second kappa shape index (κ2) is 7.92. The fourth-order valence-electron chi connectivity index (χ4n) is 2.29. The van der Waals surface area contributed by atoms with E-state index in [2.05, 4.69) is 5.32 Å². The standard InChI is InChI=1S/C18H18F3NO3/c1-24-15-8-9-16(25-2)12(11-15)3-10-17(23)22-14-6-4-13(5-7-14)18(19,20)21/h4-9,11H,3,10H2,1-2H3,(H,22,23). The predicted molar refractivity (Wildman–Crippen MR) is 87.9 cm³/mol. The van der Waals surface area contributed by atoms with Gasteiger partial charge in [-0.2, -0.15) is 13.2 Å². The predicted octanol–water partition coefficient (Wildman–Crippen LogP) is 4.29. The van der Waals surface area contributed by atoms with Crippen LogP contribution < -0.4 is 14.8 Å². The Morgan fingerprint density at radius 3 is 2.28 bits per heavy atom. The molecule has 1 amide bonds. The molecule has 0 radical (unpaired) electrons. The molecule has 7 heteroatoms. The Morgan fingerprint density at radius 2 is 1.72 bits per heavy atom. The number of alkyl halides is 3. The van der Waals surface area contributed by atoms with Gasteiger partial charge in [-0.25, -0.2) is 0 Å². The molecule has 0 aliphatic carbocycles. The molecule has 0 heterocycles. The first-order chi connectivity index (χ1) is 11.8. The first-order valence-electron chi connectivity index (χ1n) is 7.51. The van der Waals surface area contributed by atoms with Gasteiger partial charge in [-0.15, -0.1) is 0 Å². The van der Waals surface area contributed by atoms with Crippen LogP contribution >= 0.6 is 0 Å². The average Bonchev–Trinajstić information content (AvgIpc) is 2.59. The zero-order valence-corrected chi connectivity index (χ0v) is 13.8. The Hall–Kier alpha value is -2.70. The fourth-order valence-corrected chi connectivity index (χ4v) is 2.29. The minimum atomic E-state index is -4.40. The first kappa shape index (κ1) is 18.6. The molecule has 0 saturated heterocycles. The van der Waals surface area contributed by atoms with Gasteiger partial charge in [0.1, 0.15) is 11.5 Å². The van der Waals surface area contributed by atoms with Crippen LogP contribution in [0.3, 0.4) is 0 Å². The Morgan fingerprint density at radius 1 is 1.04 bits per heavy atom. The van der Waals surface area contributed by atoms with E-state index in [0.29, 0.717) is 23.6 Å². The average molecular weight is 353 g/mol. The number of ether oxygens (including phenoxy) is 2. The Kier molecular flexibility index (Phi) is 5.90. The number of methoxy groups -OCH3 is 2. The second-order valence-corrected chi connectivity index (χ2v) is 5.30. The van der Waals surface area contributed by atoms with E-state index in [1.54, 1.807) is 25.3 Å². The SMILES string of the molecule is COc1ccc(OC)c(CCC(=O)Nc2ccc(C(F)(F)F)cc2)c1. The van der Waals surface area contributed by atoms with Crippen LogP contribution in [0.2, 0.25) is 0 Å². The number of nitrogens with one attached hydrogen (secondary N) is 1. The van der Waals surface area contributed by atoms with E-state index in [1.807, 2.05) is 0 Å². The minimum Gasteiger partial charge on any atom is -0.497 e. The summed E-state index contributed by atoms with van der Waals surface area (Å²) in [5, 5.41) is 2.58. The summed E-state index contributed by atoms with van der Waals surface area (Å²) in [4.78, 5) is 12.0. The summed E-state index contributed by atoms with van der Waals surface area (Å²) < 4.78 is 47.9. The molecule has 0 saturated carbocycles. The number of hydrogen-bond acceptors (Lipinski definition) is 3. The lowest BCUT2D eigenvalue weighted by atomic mass is 10.1. The van der Waals surface area contributed by atoms with Gasteiger partial charge in [0.2, 0.25) is 5.91 Å². The van der Waals surface area contributed by atoms with Gasteiger partial charge in [-0.1, -0.05) is 0 Å². The van der Waals surface area contributed by atoms with Gasteiger partial charge in [-0.05, 0) is 54.4 Å². The van der Waals surface area contributed by atoms with Crippen molar-refractivity contribution in [2.45, 2.75) is 19.0 Å². The first-order valence-corrected chi connectivity index (χ1v) is 7.51. The normalized spacial score (nSPS) is 11.1. The van der Waals surface area contributed by atoms with Gasteiger partial charge in [0.15, 0.2) is 0 Å². The highest BCUT2D eigenvalue weighted by atomic mass is 19.4. The number of halogens is 3. The van der Waals surface area contributed by atoms with Crippen LogP contribution in [0.15, 0.2) is 42.5 Å². The van der Waals surface area contributed by atoms with Crippen molar-refractivity contribution in [3.05, 3.63) is 53.6 Å². The number of carbonyl (C=O) groups is 1. The Bertz CT molecular complexity index is 727. The summed E-state index contributed by atoms with van der Waals surface area (Å²) in [6.45, 7) is 0. The molecule has 0 atom stereocenters. The van der Waals surface area contributed by atoms with Gasteiger partial charge < -0.3 is 14.8 Å². The zero-order valence-electron chi connectivity index (χ0n) is 13.8. The summed E-state index contributed by atoms with van der Waals surface area (Å²) in [7, 11) is 3.08. The number of hydrogen-bond donors (Lipinski definition) is 1. The summed E-state index contributed by atoms with van der Waals surface area (Å²) >= 11 is 0. The summed E-state index contributed by atoms with van der Waals surface area (Å²) in [5.74, 6) is 0.992. The molecular formula is C18H18F3NO3. The number of amides is 1. The van der Waals surface area contributed by atoms with Crippen molar-refractivity contribution in [2.24, 2.45) is 0 Å². The molecule has 0 bridgehead atoms. The van der Waals surface area contributed by atoms with Crippen molar-refractivity contribution >= 4 is 11.6 Å². The van der Waals surface area contributed by atoms with Gasteiger partial charge in [0.05, 0.1) is 19.8 Å². The van der Waals surface area contributed by atoms with E-state index in [9.17, 15) is 18.0 Å². The third-order valence-corrected chi connectivity index (χ3v) is 3.60. The monoisotopic (exact) mass is 353 g/mol. The van der Waals surface area contributed by atoms with E-state index < -0.39 is 11.7 Å². The van der Waals surface area contributed by atoms with E-state index in [0.717, 1.165) is 17.7 Å². The van der Waals surface area contributed by atoms with Crippen molar-refractivity contribution in [3.63, 3.8) is 0 Å². The molecule has 0 aromatic heterocycles. The van der Waals surface area contributed by atoms with Crippen LogP contribution in [0.4, 0.5) is 18.9 Å². The third-order valence-electron chi connectivity index (χ3n) is 3.60. The number of anilines is 1. The molecule has 0 unspecified atom stereocenters. The maximum Gasteiger partial charge on any atom is 0.416 e. The highest BCUT2D eigenvalue weighted by Gasteiger charge is 2.29. The fraction of sp³-hybridized carbons (Fsp3) is 0.278. The van der Waals surface area contributed by atoms with Gasteiger partial charge in [-0.3, -0.25) is 4.79 Å². The van der Waals surface area contributed by atoms with Crippen molar-refractivity contribution < 1.29 is 27.4 Å². The molecule has 4 nitrogen and oxygen atoms in total. The Labute approximate surface area is 143 Å². The highest BCUT2D eigenvalue weighted by Crippen LogP contribution is 2.30. The second-order valence-electron chi connectivity index (χ2n) is 5.30.